The van der Waals surface area contributed by atoms with Gasteiger partial charge in [-0.05, 0) is 37.1 Å². The number of nitrogens with zero attached hydrogens (tertiary/aromatic N) is 5. The van der Waals surface area contributed by atoms with E-state index in [2.05, 4.69) is 4.98 Å². The van der Waals surface area contributed by atoms with Crippen LogP contribution in [0.4, 0.5) is 5.95 Å². The van der Waals surface area contributed by atoms with Crippen molar-refractivity contribution in [1.82, 2.24) is 18.7 Å². The Morgan fingerprint density at radius 2 is 1.84 bits per heavy atom. The van der Waals surface area contributed by atoms with Crippen molar-refractivity contribution in [3.05, 3.63) is 50.2 Å². The number of rotatable bonds is 6. The maximum absolute atomic E-state index is 13.0. The van der Waals surface area contributed by atoms with Crippen molar-refractivity contribution in [2.45, 2.75) is 26.5 Å². The van der Waals surface area contributed by atoms with Gasteiger partial charge in [-0.1, -0.05) is 6.07 Å². The topological polar surface area (TPSA) is 104 Å². The third kappa shape index (κ3) is 4.03. The van der Waals surface area contributed by atoms with Crippen molar-refractivity contribution >= 4 is 17.1 Å². The molecule has 0 spiro atoms. The van der Waals surface area contributed by atoms with Gasteiger partial charge in [0.2, 0.25) is 5.95 Å². The lowest BCUT2D eigenvalue weighted by Gasteiger charge is -2.28. The molecular weight excluding hydrogens is 414 g/mol. The number of aliphatic hydroxyl groups excluding tert-OH is 1. The van der Waals surface area contributed by atoms with Crippen LogP contribution >= 0.6 is 0 Å². The number of fused-ring (bicyclic) bond motifs is 1. The summed E-state index contributed by atoms with van der Waals surface area (Å²) in [6, 6.07) is 5.77. The average Bonchev–Trinajstić information content (AvgIpc) is 3.17. The molecular formula is C22H29N5O5. The summed E-state index contributed by atoms with van der Waals surface area (Å²) >= 11 is 0. The number of ether oxygens (including phenoxy) is 2. The molecule has 1 fully saturated rings. The molecule has 1 N–H and O–H groups in total. The first-order chi connectivity index (χ1) is 15.3. The third-order valence-electron chi connectivity index (χ3n) is 5.94. The highest BCUT2D eigenvalue weighted by Gasteiger charge is 2.25. The molecule has 10 nitrogen and oxygen atoms in total. The number of morpholine rings is 1. The van der Waals surface area contributed by atoms with Crippen LogP contribution in [0.5, 0.6) is 5.75 Å². The number of aryl methyl sites for hydroxylation is 3. The number of imidazole rings is 1. The van der Waals surface area contributed by atoms with E-state index in [1.54, 1.807) is 11.6 Å². The van der Waals surface area contributed by atoms with E-state index in [1.807, 2.05) is 36.9 Å². The van der Waals surface area contributed by atoms with Gasteiger partial charge in [0.1, 0.15) is 18.5 Å². The molecule has 10 heteroatoms. The molecule has 1 atom stereocenters. The van der Waals surface area contributed by atoms with Gasteiger partial charge in [-0.15, -0.1) is 0 Å². The summed E-state index contributed by atoms with van der Waals surface area (Å²) in [5.41, 5.74) is 1.95. The predicted octanol–water partition coefficient (Wildman–Crippen LogP) is 0.327. The van der Waals surface area contributed by atoms with Crippen molar-refractivity contribution in [1.29, 1.82) is 0 Å². The van der Waals surface area contributed by atoms with E-state index in [1.165, 1.54) is 17.2 Å². The Kier molecular flexibility index (Phi) is 6.07. The van der Waals surface area contributed by atoms with Crippen LogP contribution in [0, 0.1) is 13.8 Å². The zero-order chi connectivity index (χ0) is 23.0. The number of benzene rings is 1. The SMILES string of the molecule is Cc1ccc(OC[C@@H](O)Cn2c(N3CCOCC3)nc3c2c(=O)n(C)c(=O)n3C)cc1C. The van der Waals surface area contributed by atoms with Crippen LogP contribution in [0.25, 0.3) is 11.2 Å². The molecule has 0 bridgehead atoms. The molecule has 1 aliphatic heterocycles. The molecule has 0 unspecified atom stereocenters. The minimum Gasteiger partial charge on any atom is -0.491 e. The molecule has 0 radical (unpaired) electrons. The molecule has 2 aromatic heterocycles. The van der Waals surface area contributed by atoms with Crippen molar-refractivity contribution in [2.75, 3.05) is 37.8 Å². The van der Waals surface area contributed by atoms with Crippen LogP contribution in [-0.2, 0) is 25.4 Å². The first-order valence-electron chi connectivity index (χ1n) is 10.6. The Labute approximate surface area is 185 Å². The van der Waals surface area contributed by atoms with E-state index in [9.17, 15) is 14.7 Å². The molecule has 4 rings (SSSR count). The highest BCUT2D eigenvalue weighted by molar-refractivity contribution is 5.74. The Morgan fingerprint density at radius 3 is 2.53 bits per heavy atom. The van der Waals surface area contributed by atoms with Gasteiger partial charge in [0, 0.05) is 27.2 Å². The lowest BCUT2D eigenvalue weighted by molar-refractivity contribution is 0.0927. The summed E-state index contributed by atoms with van der Waals surface area (Å²) in [5.74, 6) is 1.21. The van der Waals surface area contributed by atoms with Gasteiger partial charge in [-0.2, -0.15) is 4.98 Å². The summed E-state index contributed by atoms with van der Waals surface area (Å²) in [5, 5.41) is 10.8. The van der Waals surface area contributed by atoms with Gasteiger partial charge in [0.15, 0.2) is 11.2 Å². The van der Waals surface area contributed by atoms with Crippen LogP contribution in [0.1, 0.15) is 11.1 Å². The normalized spacial score (nSPS) is 15.3. The average molecular weight is 444 g/mol. The molecule has 3 aromatic rings. The van der Waals surface area contributed by atoms with Crippen molar-refractivity contribution < 1.29 is 14.6 Å². The van der Waals surface area contributed by atoms with Gasteiger partial charge >= 0.3 is 5.69 Å². The molecule has 0 amide bonds. The summed E-state index contributed by atoms with van der Waals surface area (Å²) in [4.78, 5) is 32.0. The number of hydrogen-bond donors (Lipinski definition) is 1. The lowest BCUT2D eigenvalue weighted by Crippen LogP contribution is -2.39. The highest BCUT2D eigenvalue weighted by Crippen LogP contribution is 2.22. The van der Waals surface area contributed by atoms with Crippen LogP contribution < -0.4 is 20.9 Å². The van der Waals surface area contributed by atoms with E-state index in [4.69, 9.17) is 9.47 Å². The Hall–Kier alpha value is -3.11. The van der Waals surface area contributed by atoms with E-state index in [0.29, 0.717) is 43.6 Å². The van der Waals surface area contributed by atoms with Crippen molar-refractivity contribution in [2.24, 2.45) is 14.1 Å². The molecule has 1 saturated heterocycles. The second kappa shape index (κ2) is 8.79. The maximum atomic E-state index is 13.0. The minimum atomic E-state index is -0.893. The van der Waals surface area contributed by atoms with E-state index < -0.39 is 17.4 Å². The van der Waals surface area contributed by atoms with Crippen molar-refractivity contribution in [3.63, 3.8) is 0 Å². The maximum Gasteiger partial charge on any atom is 0.332 e. The largest absolute Gasteiger partial charge is 0.491 e. The number of aromatic nitrogens is 4. The quantitative estimate of drug-likeness (QED) is 0.585. The monoisotopic (exact) mass is 443 g/mol. The second-order valence-corrected chi connectivity index (χ2v) is 8.21. The van der Waals surface area contributed by atoms with Crippen LogP contribution in [0.2, 0.25) is 0 Å². The summed E-state index contributed by atoms with van der Waals surface area (Å²) in [7, 11) is 3.03. The predicted molar refractivity (Wildman–Crippen MR) is 121 cm³/mol. The zero-order valence-corrected chi connectivity index (χ0v) is 18.9. The molecule has 0 aliphatic carbocycles. The van der Waals surface area contributed by atoms with Crippen LogP contribution in [0.3, 0.4) is 0 Å². The summed E-state index contributed by atoms with van der Waals surface area (Å²) < 4.78 is 15.3. The minimum absolute atomic E-state index is 0.0524. The van der Waals surface area contributed by atoms with Crippen molar-refractivity contribution in [3.8, 4) is 5.75 Å². The number of aliphatic hydroxyl groups is 1. The molecule has 3 heterocycles. The highest BCUT2D eigenvalue weighted by atomic mass is 16.5. The Balaban J connectivity index is 1.68. The molecule has 1 aliphatic rings. The molecule has 32 heavy (non-hydrogen) atoms. The lowest BCUT2D eigenvalue weighted by atomic mass is 10.1. The van der Waals surface area contributed by atoms with E-state index in [-0.39, 0.29) is 18.7 Å². The van der Waals surface area contributed by atoms with Gasteiger partial charge in [-0.25, -0.2) is 4.79 Å². The second-order valence-electron chi connectivity index (χ2n) is 8.21. The summed E-state index contributed by atoms with van der Waals surface area (Å²) in [6.45, 7) is 6.47. The molecule has 0 saturated carbocycles. The Morgan fingerprint density at radius 1 is 1.12 bits per heavy atom. The fourth-order valence-corrected chi connectivity index (χ4v) is 3.87. The van der Waals surface area contributed by atoms with Gasteiger partial charge in [0.25, 0.3) is 5.56 Å². The van der Waals surface area contributed by atoms with Gasteiger partial charge in [-0.3, -0.25) is 13.9 Å². The third-order valence-corrected chi connectivity index (χ3v) is 5.94. The number of hydrogen-bond acceptors (Lipinski definition) is 7. The first-order valence-corrected chi connectivity index (χ1v) is 10.6. The van der Waals surface area contributed by atoms with Gasteiger partial charge in [0.05, 0.1) is 19.8 Å². The van der Waals surface area contributed by atoms with Crippen LogP contribution in [0.15, 0.2) is 27.8 Å². The van der Waals surface area contributed by atoms with Gasteiger partial charge < -0.3 is 24.0 Å². The summed E-state index contributed by atoms with van der Waals surface area (Å²) in [6.07, 6.45) is -0.893. The molecule has 172 valence electrons. The zero-order valence-electron chi connectivity index (χ0n) is 18.9. The number of anilines is 1. The van der Waals surface area contributed by atoms with E-state index >= 15 is 0 Å². The smallest absolute Gasteiger partial charge is 0.332 e. The van der Waals surface area contributed by atoms with Crippen LogP contribution in [-0.4, -0.2) is 62.8 Å². The molecule has 1 aromatic carbocycles. The Bertz CT molecular complexity index is 1250. The fourth-order valence-electron chi connectivity index (χ4n) is 3.87. The fraction of sp³-hybridized carbons (Fsp3) is 0.500. The standard InChI is InChI=1S/C22H29N5O5/c1-14-5-6-17(11-15(14)2)32-13-16(28)12-27-18-19(24(3)22(30)25(4)20(18)29)23-21(27)26-7-9-31-10-8-26/h5-6,11,16,28H,7-10,12-13H2,1-4H3/t16-/m0/s1. The van der Waals surface area contributed by atoms with E-state index in [0.717, 1.165) is 10.1 Å². The first kappa shape index (κ1) is 22.1.